The normalized spacial score (nSPS) is 20.3. The predicted molar refractivity (Wildman–Crippen MR) is 62.7 cm³/mol. The molecule has 1 aromatic carbocycles. The number of fused-ring (bicyclic) bond motifs is 1. The molecule has 86 valence electrons. The summed E-state index contributed by atoms with van der Waals surface area (Å²) in [6.45, 7) is 0. The highest BCUT2D eigenvalue weighted by Crippen LogP contribution is 2.25. The Hall–Kier alpha value is -1.41. The molecule has 1 aliphatic rings. The van der Waals surface area contributed by atoms with Gasteiger partial charge in [-0.25, -0.2) is 13.2 Å². The molecule has 2 atom stereocenters. The lowest BCUT2D eigenvalue weighted by Crippen LogP contribution is -2.35. The van der Waals surface area contributed by atoms with Gasteiger partial charge in [0.2, 0.25) is 0 Å². The second kappa shape index (κ2) is 4.22. The Morgan fingerprint density at radius 1 is 1.44 bits per heavy atom. The predicted octanol–water partition coefficient (Wildman–Crippen LogP) is 0.550. The van der Waals surface area contributed by atoms with E-state index in [2.05, 4.69) is 14.8 Å². The Labute approximate surface area is 97.0 Å². The molecule has 16 heavy (non-hydrogen) atoms. The summed E-state index contributed by atoms with van der Waals surface area (Å²) in [5, 5.41) is 2.52. The largest absolute Gasteiger partial charge is 0.331 e. The molecule has 0 radical (unpaired) electrons. The van der Waals surface area contributed by atoms with Gasteiger partial charge in [0, 0.05) is 11.9 Å². The molecule has 8 heteroatoms. The number of benzene rings is 1. The van der Waals surface area contributed by atoms with E-state index in [0.717, 1.165) is 0 Å². The Balaban J connectivity index is 2.38. The van der Waals surface area contributed by atoms with Crippen LogP contribution in [0.5, 0.6) is 0 Å². The van der Waals surface area contributed by atoms with Gasteiger partial charge in [-0.3, -0.25) is 4.72 Å². The molecule has 0 saturated heterocycles. The molecule has 0 bridgehead atoms. The number of hydrogen-bond acceptors (Lipinski definition) is 3. The van der Waals surface area contributed by atoms with Crippen molar-refractivity contribution >= 4 is 39.4 Å². The van der Waals surface area contributed by atoms with Crippen LogP contribution in [0.1, 0.15) is 0 Å². The topological polar surface area (TPSA) is 87.3 Å². The van der Waals surface area contributed by atoms with Crippen molar-refractivity contribution in [2.75, 3.05) is 16.3 Å². The summed E-state index contributed by atoms with van der Waals surface area (Å²) >= 11 is 0. The average Bonchev–Trinajstić information content (AvgIpc) is 2.18. The second-order valence-electron chi connectivity index (χ2n) is 3.09. The molecule has 0 spiro atoms. The number of anilines is 2. The van der Waals surface area contributed by atoms with Crippen LogP contribution in [0.2, 0.25) is 0 Å². The van der Waals surface area contributed by atoms with Crippen molar-refractivity contribution in [2.24, 2.45) is 0 Å². The molecule has 1 aliphatic heterocycles. The van der Waals surface area contributed by atoms with Gasteiger partial charge < -0.3 is 10.0 Å². The van der Waals surface area contributed by atoms with Crippen molar-refractivity contribution in [1.29, 1.82) is 0 Å². The van der Waals surface area contributed by atoms with Crippen molar-refractivity contribution in [3.05, 3.63) is 18.2 Å². The van der Waals surface area contributed by atoms with Gasteiger partial charge in [-0.1, -0.05) is 0 Å². The van der Waals surface area contributed by atoms with E-state index in [1.807, 2.05) is 0 Å². The SMILES string of the molecule is CS(=O)Nc1ccc2c(c1)S(=O)NC(=O)N2. The standard InChI is InChI=1S/C8H9N3O3S2/c1-15(13)10-5-2-3-6-7(4-5)16(14)11-8(12)9-6/h2-4,10H,1H3,(H2,9,11,12). The Morgan fingerprint density at radius 3 is 2.88 bits per heavy atom. The molecular weight excluding hydrogens is 250 g/mol. The first-order valence-corrected chi connectivity index (χ1v) is 7.00. The number of rotatable bonds is 2. The first-order valence-electron chi connectivity index (χ1n) is 4.30. The van der Waals surface area contributed by atoms with Crippen molar-refractivity contribution in [3.8, 4) is 0 Å². The van der Waals surface area contributed by atoms with Gasteiger partial charge in [0.15, 0.2) is 11.0 Å². The lowest BCUT2D eigenvalue weighted by atomic mass is 10.3. The summed E-state index contributed by atoms with van der Waals surface area (Å²) in [4.78, 5) is 11.5. The number of urea groups is 1. The van der Waals surface area contributed by atoms with Crippen molar-refractivity contribution in [1.82, 2.24) is 4.72 Å². The number of carbonyl (C=O) groups excluding carboxylic acids is 1. The van der Waals surface area contributed by atoms with E-state index in [1.54, 1.807) is 18.2 Å². The van der Waals surface area contributed by atoms with E-state index in [0.29, 0.717) is 16.3 Å². The molecule has 1 heterocycles. The van der Waals surface area contributed by atoms with E-state index in [1.165, 1.54) is 6.26 Å². The number of hydrogen-bond donors (Lipinski definition) is 3. The van der Waals surface area contributed by atoms with E-state index in [9.17, 15) is 13.2 Å². The van der Waals surface area contributed by atoms with E-state index in [4.69, 9.17) is 0 Å². The Kier molecular flexibility index (Phi) is 2.92. The van der Waals surface area contributed by atoms with Gasteiger partial charge in [0.25, 0.3) is 0 Å². The van der Waals surface area contributed by atoms with Crippen LogP contribution in [0.25, 0.3) is 0 Å². The zero-order valence-corrected chi connectivity index (χ0v) is 9.91. The molecule has 6 nitrogen and oxygen atoms in total. The minimum absolute atomic E-state index is 0.454. The van der Waals surface area contributed by atoms with Crippen LogP contribution in [-0.2, 0) is 22.0 Å². The van der Waals surface area contributed by atoms with Crippen LogP contribution in [-0.4, -0.2) is 20.7 Å². The van der Waals surface area contributed by atoms with Crippen LogP contribution < -0.4 is 14.8 Å². The summed E-state index contributed by atoms with van der Waals surface area (Å²) in [7, 11) is -2.76. The number of nitrogens with one attached hydrogen (secondary N) is 3. The van der Waals surface area contributed by atoms with E-state index >= 15 is 0 Å². The third-order valence-corrected chi connectivity index (χ3v) is 3.51. The molecule has 0 aromatic heterocycles. The molecule has 2 unspecified atom stereocenters. The Bertz CT molecular complexity index is 503. The zero-order chi connectivity index (χ0) is 11.7. The van der Waals surface area contributed by atoms with E-state index < -0.39 is 28.0 Å². The lowest BCUT2D eigenvalue weighted by Gasteiger charge is -2.17. The van der Waals surface area contributed by atoms with Gasteiger partial charge >= 0.3 is 6.03 Å². The fourth-order valence-electron chi connectivity index (χ4n) is 1.30. The molecular formula is C8H9N3O3S2. The summed E-state index contributed by atoms with van der Waals surface area (Å²) in [5.41, 5.74) is 1.08. The zero-order valence-electron chi connectivity index (χ0n) is 8.27. The highest BCUT2D eigenvalue weighted by molar-refractivity contribution is 7.85. The van der Waals surface area contributed by atoms with Gasteiger partial charge in [0.05, 0.1) is 10.6 Å². The first kappa shape index (κ1) is 11.1. The fourth-order valence-corrected chi connectivity index (χ4v) is 2.64. The molecule has 1 aromatic rings. The quantitative estimate of drug-likeness (QED) is 0.724. The van der Waals surface area contributed by atoms with Crippen molar-refractivity contribution in [3.63, 3.8) is 0 Å². The maximum absolute atomic E-state index is 11.6. The fraction of sp³-hybridized carbons (Fsp3) is 0.125. The molecule has 0 fully saturated rings. The van der Waals surface area contributed by atoms with Crippen LogP contribution in [0.15, 0.2) is 23.1 Å². The molecule has 2 rings (SSSR count). The van der Waals surface area contributed by atoms with Crippen LogP contribution in [0, 0.1) is 0 Å². The monoisotopic (exact) mass is 259 g/mol. The third-order valence-electron chi connectivity index (χ3n) is 1.88. The molecule has 2 amide bonds. The second-order valence-corrected chi connectivity index (χ2v) is 5.39. The molecule has 0 saturated carbocycles. The van der Waals surface area contributed by atoms with Crippen molar-refractivity contribution in [2.45, 2.75) is 4.90 Å². The van der Waals surface area contributed by atoms with Gasteiger partial charge in [-0.05, 0) is 18.2 Å². The number of carbonyl (C=O) groups is 1. The summed E-state index contributed by atoms with van der Waals surface area (Å²) in [6.07, 6.45) is 1.50. The lowest BCUT2D eigenvalue weighted by molar-refractivity contribution is 0.256. The maximum Gasteiger partial charge on any atom is 0.331 e. The van der Waals surface area contributed by atoms with Crippen molar-refractivity contribution < 1.29 is 13.2 Å². The summed E-state index contributed by atoms with van der Waals surface area (Å²) in [6, 6.07) is 4.36. The molecule has 3 N–H and O–H groups in total. The summed E-state index contributed by atoms with van der Waals surface area (Å²) in [5.74, 6) is 0. The molecule has 0 aliphatic carbocycles. The third kappa shape index (κ3) is 2.22. The number of amides is 2. The Morgan fingerprint density at radius 2 is 2.19 bits per heavy atom. The van der Waals surface area contributed by atoms with Gasteiger partial charge in [0.1, 0.15) is 11.0 Å². The average molecular weight is 259 g/mol. The van der Waals surface area contributed by atoms with Gasteiger partial charge in [-0.15, -0.1) is 0 Å². The van der Waals surface area contributed by atoms with Crippen LogP contribution in [0.3, 0.4) is 0 Å². The summed E-state index contributed by atoms with van der Waals surface area (Å²) < 4.78 is 27.4. The van der Waals surface area contributed by atoms with Gasteiger partial charge in [-0.2, -0.15) is 0 Å². The minimum atomic E-state index is -1.57. The minimum Gasteiger partial charge on any atom is -0.306 e. The van der Waals surface area contributed by atoms with Crippen LogP contribution in [0.4, 0.5) is 16.2 Å². The highest BCUT2D eigenvalue weighted by Gasteiger charge is 2.20. The van der Waals surface area contributed by atoms with Crippen LogP contribution >= 0.6 is 0 Å². The smallest absolute Gasteiger partial charge is 0.306 e. The van der Waals surface area contributed by atoms with E-state index in [-0.39, 0.29) is 0 Å². The highest BCUT2D eigenvalue weighted by atomic mass is 32.2. The maximum atomic E-state index is 11.6. The first-order chi connectivity index (χ1) is 7.56.